The van der Waals surface area contributed by atoms with Crippen LogP contribution < -0.4 is 5.32 Å². The lowest BCUT2D eigenvalue weighted by atomic mass is 10.1. The molecule has 0 aliphatic heterocycles. The molecule has 0 atom stereocenters. The Bertz CT molecular complexity index is 421. The van der Waals surface area contributed by atoms with E-state index in [0.717, 1.165) is 31.6 Å². The highest BCUT2D eigenvalue weighted by Gasteiger charge is 2.17. The zero-order chi connectivity index (χ0) is 14.3. The summed E-state index contributed by atoms with van der Waals surface area (Å²) >= 11 is 6.02. The van der Waals surface area contributed by atoms with E-state index in [1.165, 1.54) is 0 Å². The molecule has 1 aromatic rings. The number of nitrogens with zero attached hydrogens (tertiary/aromatic N) is 1. The fourth-order valence-electron chi connectivity index (χ4n) is 1.95. The molecule has 3 nitrogen and oxygen atoms in total. The van der Waals surface area contributed by atoms with Gasteiger partial charge >= 0.3 is 0 Å². The Kier molecular flexibility index (Phi) is 6.71. The van der Waals surface area contributed by atoms with Crippen molar-refractivity contribution in [2.45, 2.75) is 33.6 Å². The molecule has 1 rings (SSSR count). The predicted octanol–water partition coefficient (Wildman–Crippen LogP) is 4.03. The molecule has 0 aliphatic carbocycles. The number of amides is 1. The van der Waals surface area contributed by atoms with Crippen LogP contribution in [0.3, 0.4) is 0 Å². The van der Waals surface area contributed by atoms with E-state index in [2.05, 4.69) is 19.2 Å². The third kappa shape index (κ3) is 4.43. The average Bonchev–Trinajstić information content (AvgIpc) is 2.42. The van der Waals surface area contributed by atoms with Crippen LogP contribution in [0.5, 0.6) is 0 Å². The highest BCUT2D eigenvalue weighted by molar-refractivity contribution is 6.31. The van der Waals surface area contributed by atoms with Crippen LogP contribution in [0.25, 0.3) is 0 Å². The summed E-state index contributed by atoms with van der Waals surface area (Å²) in [6.07, 6.45) is 1.97. The number of carbonyl (C=O) groups excluding carboxylic acids is 1. The summed E-state index contributed by atoms with van der Waals surface area (Å²) in [6, 6.07) is 5.44. The van der Waals surface area contributed by atoms with Crippen molar-refractivity contribution in [2.24, 2.45) is 0 Å². The molecule has 1 aromatic carbocycles. The molecule has 0 fully saturated rings. The Balaban J connectivity index is 3.01. The summed E-state index contributed by atoms with van der Waals surface area (Å²) in [7, 11) is 0. The van der Waals surface area contributed by atoms with Gasteiger partial charge in [-0.15, -0.1) is 0 Å². The van der Waals surface area contributed by atoms with Crippen LogP contribution in [0, 0.1) is 0 Å². The van der Waals surface area contributed by atoms with Gasteiger partial charge in [0.1, 0.15) is 0 Å². The average molecular weight is 283 g/mol. The maximum absolute atomic E-state index is 12.5. The predicted molar refractivity (Wildman–Crippen MR) is 82.1 cm³/mol. The standard InChI is InChI=1S/C15H23ClN2O/c1-4-9-17-14-8-7-12(16)11-13(14)15(19)18(6-3)10-5-2/h7-8,11,17H,4-6,9-10H2,1-3H3. The van der Waals surface area contributed by atoms with Gasteiger partial charge in [0.2, 0.25) is 0 Å². The van der Waals surface area contributed by atoms with Crippen LogP contribution in [0.15, 0.2) is 18.2 Å². The number of hydrogen-bond acceptors (Lipinski definition) is 2. The van der Waals surface area contributed by atoms with E-state index in [1.807, 2.05) is 24.0 Å². The van der Waals surface area contributed by atoms with Gasteiger partial charge in [-0.2, -0.15) is 0 Å². The molecule has 0 saturated carbocycles. The van der Waals surface area contributed by atoms with E-state index in [0.29, 0.717) is 17.1 Å². The summed E-state index contributed by atoms with van der Waals surface area (Å²) in [5.74, 6) is 0.0467. The molecule has 0 spiro atoms. The zero-order valence-corrected chi connectivity index (χ0v) is 12.8. The van der Waals surface area contributed by atoms with Crippen LogP contribution in [-0.4, -0.2) is 30.4 Å². The van der Waals surface area contributed by atoms with Crippen LogP contribution in [0.4, 0.5) is 5.69 Å². The lowest BCUT2D eigenvalue weighted by Gasteiger charge is -2.22. The minimum atomic E-state index is 0.0467. The van der Waals surface area contributed by atoms with Gasteiger partial charge in [-0.05, 0) is 38.0 Å². The lowest BCUT2D eigenvalue weighted by molar-refractivity contribution is 0.0765. The molecule has 0 bridgehead atoms. The number of nitrogens with one attached hydrogen (secondary N) is 1. The second-order valence-electron chi connectivity index (χ2n) is 4.50. The normalized spacial score (nSPS) is 10.3. The molecule has 1 N–H and O–H groups in total. The Labute approximate surface area is 120 Å². The van der Waals surface area contributed by atoms with Gasteiger partial charge < -0.3 is 10.2 Å². The molecule has 106 valence electrons. The quantitative estimate of drug-likeness (QED) is 0.819. The Hall–Kier alpha value is -1.22. The van der Waals surface area contributed by atoms with Gasteiger partial charge in [0, 0.05) is 30.3 Å². The monoisotopic (exact) mass is 282 g/mol. The molecule has 0 heterocycles. The first-order valence-electron chi connectivity index (χ1n) is 6.96. The van der Waals surface area contributed by atoms with Gasteiger partial charge in [0.15, 0.2) is 0 Å². The minimum Gasteiger partial charge on any atom is -0.384 e. The van der Waals surface area contributed by atoms with Crippen molar-refractivity contribution in [2.75, 3.05) is 25.0 Å². The molecule has 0 saturated heterocycles. The Morgan fingerprint density at radius 3 is 2.58 bits per heavy atom. The molecule has 19 heavy (non-hydrogen) atoms. The highest BCUT2D eigenvalue weighted by atomic mass is 35.5. The van der Waals surface area contributed by atoms with Gasteiger partial charge in [-0.1, -0.05) is 25.4 Å². The van der Waals surface area contributed by atoms with E-state index in [4.69, 9.17) is 11.6 Å². The van der Waals surface area contributed by atoms with Crippen molar-refractivity contribution in [1.82, 2.24) is 4.90 Å². The summed E-state index contributed by atoms with van der Waals surface area (Å²) in [5, 5.41) is 3.88. The molecule has 0 unspecified atom stereocenters. The number of rotatable bonds is 7. The Morgan fingerprint density at radius 1 is 1.26 bits per heavy atom. The van der Waals surface area contributed by atoms with E-state index in [-0.39, 0.29) is 5.91 Å². The molecule has 0 aliphatic rings. The zero-order valence-electron chi connectivity index (χ0n) is 12.0. The van der Waals surface area contributed by atoms with E-state index in [1.54, 1.807) is 6.07 Å². The minimum absolute atomic E-state index is 0.0467. The Morgan fingerprint density at radius 2 is 2.00 bits per heavy atom. The molecule has 1 amide bonds. The summed E-state index contributed by atoms with van der Waals surface area (Å²) < 4.78 is 0. The fourth-order valence-corrected chi connectivity index (χ4v) is 2.12. The number of carbonyl (C=O) groups is 1. The smallest absolute Gasteiger partial charge is 0.255 e. The van der Waals surface area contributed by atoms with Crippen LogP contribution in [0.1, 0.15) is 44.0 Å². The van der Waals surface area contributed by atoms with Crippen LogP contribution >= 0.6 is 11.6 Å². The van der Waals surface area contributed by atoms with Gasteiger partial charge in [-0.3, -0.25) is 4.79 Å². The molecular formula is C15H23ClN2O. The molecule has 4 heteroatoms. The SMILES string of the molecule is CCCNc1ccc(Cl)cc1C(=O)N(CC)CCC. The van der Waals surface area contributed by atoms with Gasteiger partial charge in [-0.25, -0.2) is 0 Å². The van der Waals surface area contributed by atoms with Crippen LogP contribution in [0.2, 0.25) is 5.02 Å². The van der Waals surface area contributed by atoms with Gasteiger partial charge in [0.05, 0.1) is 5.56 Å². The van der Waals surface area contributed by atoms with E-state index < -0.39 is 0 Å². The molecule has 0 radical (unpaired) electrons. The maximum Gasteiger partial charge on any atom is 0.255 e. The number of hydrogen-bond donors (Lipinski definition) is 1. The van der Waals surface area contributed by atoms with Crippen molar-refractivity contribution >= 4 is 23.2 Å². The summed E-state index contributed by atoms with van der Waals surface area (Å²) in [5.41, 5.74) is 1.53. The fraction of sp³-hybridized carbons (Fsp3) is 0.533. The summed E-state index contributed by atoms with van der Waals surface area (Å²) in [4.78, 5) is 14.4. The highest BCUT2D eigenvalue weighted by Crippen LogP contribution is 2.22. The number of halogens is 1. The van der Waals surface area contributed by atoms with Crippen molar-refractivity contribution in [1.29, 1.82) is 0 Å². The number of anilines is 1. The number of benzene rings is 1. The third-order valence-electron chi connectivity index (χ3n) is 2.94. The molecule has 0 aromatic heterocycles. The van der Waals surface area contributed by atoms with Crippen molar-refractivity contribution in [3.8, 4) is 0 Å². The van der Waals surface area contributed by atoms with Crippen molar-refractivity contribution < 1.29 is 4.79 Å². The first-order valence-corrected chi connectivity index (χ1v) is 7.34. The second kappa shape index (κ2) is 8.05. The van der Waals surface area contributed by atoms with E-state index >= 15 is 0 Å². The maximum atomic E-state index is 12.5. The first kappa shape index (κ1) is 15.8. The topological polar surface area (TPSA) is 32.3 Å². The molecular weight excluding hydrogens is 260 g/mol. The van der Waals surface area contributed by atoms with Crippen LogP contribution in [-0.2, 0) is 0 Å². The summed E-state index contributed by atoms with van der Waals surface area (Å²) in [6.45, 7) is 8.50. The largest absolute Gasteiger partial charge is 0.384 e. The lowest BCUT2D eigenvalue weighted by Crippen LogP contribution is -2.32. The van der Waals surface area contributed by atoms with Crippen molar-refractivity contribution in [3.05, 3.63) is 28.8 Å². The van der Waals surface area contributed by atoms with Crippen molar-refractivity contribution in [3.63, 3.8) is 0 Å². The second-order valence-corrected chi connectivity index (χ2v) is 4.94. The first-order chi connectivity index (χ1) is 9.13. The van der Waals surface area contributed by atoms with Gasteiger partial charge in [0.25, 0.3) is 5.91 Å². The third-order valence-corrected chi connectivity index (χ3v) is 3.18. The van der Waals surface area contributed by atoms with E-state index in [9.17, 15) is 4.79 Å².